The van der Waals surface area contributed by atoms with Crippen molar-refractivity contribution in [1.29, 1.82) is 0 Å². The van der Waals surface area contributed by atoms with Crippen LogP contribution < -0.4 is 10.6 Å². The summed E-state index contributed by atoms with van der Waals surface area (Å²) in [5, 5.41) is 15.2. The van der Waals surface area contributed by atoms with Gasteiger partial charge in [-0.1, -0.05) is 29.8 Å². The summed E-state index contributed by atoms with van der Waals surface area (Å²) in [7, 11) is 0. The predicted octanol–water partition coefficient (Wildman–Crippen LogP) is 3.92. The number of thiophene rings is 1. The van der Waals surface area contributed by atoms with E-state index < -0.39 is 0 Å². The van der Waals surface area contributed by atoms with Gasteiger partial charge in [0.1, 0.15) is 0 Å². The first-order valence-corrected chi connectivity index (χ1v) is 8.25. The summed E-state index contributed by atoms with van der Waals surface area (Å²) >= 11 is 12.3. The number of benzene rings is 1. The highest BCUT2D eigenvalue weighted by molar-refractivity contribution is 7.80. The maximum absolute atomic E-state index is 11.9. The molecule has 0 radical (unpaired) electrons. The van der Waals surface area contributed by atoms with Crippen LogP contribution in [0.2, 0.25) is 5.02 Å². The number of aromatic amines is 1. The second-order valence-corrected chi connectivity index (χ2v) is 6.35. The number of nitrogens with zero attached hydrogens (tertiary/aromatic N) is 1. The van der Waals surface area contributed by atoms with Crippen LogP contribution in [-0.2, 0) is 0 Å². The standard InChI is InChI=1S/C15H11ClN4OS2/c16-10-5-3-9(4-6-10)11-8-13(20-19-11)17-15(22)18-14(21)12-2-1-7-23-12/h1-8H,(H3,17,18,19,20,21,22). The Morgan fingerprint density at radius 3 is 2.74 bits per heavy atom. The Bertz CT molecular complexity index is 828. The fraction of sp³-hybridized carbons (Fsp3) is 0. The molecule has 0 bridgehead atoms. The van der Waals surface area contributed by atoms with Crippen LogP contribution in [0.4, 0.5) is 5.82 Å². The Morgan fingerprint density at radius 2 is 2.04 bits per heavy atom. The van der Waals surface area contributed by atoms with Gasteiger partial charge in [-0.15, -0.1) is 11.3 Å². The Morgan fingerprint density at radius 1 is 1.26 bits per heavy atom. The van der Waals surface area contributed by atoms with Crippen molar-refractivity contribution in [2.75, 3.05) is 5.32 Å². The molecule has 2 heterocycles. The molecule has 0 aliphatic heterocycles. The minimum absolute atomic E-state index is 0.192. The van der Waals surface area contributed by atoms with Crippen molar-refractivity contribution in [2.45, 2.75) is 0 Å². The van der Waals surface area contributed by atoms with Crippen molar-refractivity contribution in [3.63, 3.8) is 0 Å². The molecule has 23 heavy (non-hydrogen) atoms. The normalized spacial score (nSPS) is 10.3. The molecule has 0 fully saturated rings. The van der Waals surface area contributed by atoms with E-state index >= 15 is 0 Å². The monoisotopic (exact) mass is 362 g/mol. The number of nitrogens with one attached hydrogen (secondary N) is 3. The number of anilines is 1. The van der Waals surface area contributed by atoms with Crippen molar-refractivity contribution in [2.24, 2.45) is 0 Å². The second kappa shape index (κ2) is 6.91. The van der Waals surface area contributed by atoms with Crippen LogP contribution >= 0.6 is 35.2 Å². The number of carbonyl (C=O) groups excluding carboxylic acids is 1. The van der Waals surface area contributed by atoms with E-state index in [0.29, 0.717) is 15.7 Å². The summed E-state index contributed by atoms with van der Waals surface area (Å²) in [6.45, 7) is 0. The largest absolute Gasteiger partial charge is 0.316 e. The summed E-state index contributed by atoms with van der Waals surface area (Å²) in [5.41, 5.74) is 1.76. The van der Waals surface area contributed by atoms with E-state index in [1.165, 1.54) is 11.3 Å². The van der Waals surface area contributed by atoms with Gasteiger partial charge >= 0.3 is 0 Å². The maximum Gasteiger partial charge on any atom is 0.267 e. The lowest BCUT2D eigenvalue weighted by Crippen LogP contribution is -2.33. The molecule has 8 heteroatoms. The van der Waals surface area contributed by atoms with Gasteiger partial charge in [0.2, 0.25) is 0 Å². The maximum atomic E-state index is 11.9. The highest BCUT2D eigenvalue weighted by Crippen LogP contribution is 2.21. The minimum atomic E-state index is -0.244. The second-order valence-electron chi connectivity index (χ2n) is 4.56. The molecule has 0 saturated heterocycles. The summed E-state index contributed by atoms with van der Waals surface area (Å²) in [6, 6.07) is 12.7. The summed E-state index contributed by atoms with van der Waals surface area (Å²) < 4.78 is 0. The highest BCUT2D eigenvalue weighted by Gasteiger charge is 2.10. The number of amides is 1. The van der Waals surface area contributed by atoms with Crippen LogP contribution in [0.25, 0.3) is 11.3 Å². The Labute approximate surface area is 146 Å². The third-order valence-electron chi connectivity index (χ3n) is 2.95. The van der Waals surface area contributed by atoms with Crippen molar-refractivity contribution in [3.05, 3.63) is 57.7 Å². The number of hydrogen-bond acceptors (Lipinski definition) is 4. The molecule has 0 spiro atoms. The summed E-state index contributed by atoms with van der Waals surface area (Å²) in [4.78, 5) is 12.5. The highest BCUT2D eigenvalue weighted by atomic mass is 35.5. The topological polar surface area (TPSA) is 69.8 Å². The molecule has 3 aromatic rings. The first kappa shape index (κ1) is 15.7. The molecule has 0 saturated carbocycles. The summed E-state index contributed by atoms with van der Waals surface area (Å²) in [5.74, 6) is 0.275. The number of halogens is 1. The first-order valence-electron chi connectivity index (χ1n) is 6.59. The SMILES string of the molecule is O=C(NC(=S)Nc1cc(-c2ccc(Cl)cc2)[nH]n1)c1cccs1. The number of aromatic nitrogens is 2. The molecule has 0 atom stereocenters. The molecular formula is C15H11ClN4OS2. The summed E-state index contributed by atoms with van der Waals surface area (Å²) in [6.07, 6.45) is 0. The third kappa shape index (κ3) is 3.95. The van der Waals surface area contributed by atoms with Gasteiger partial charge in [-0.05, 0) is 41.4 Å². The van der Waals surface area contributed by atoms with Gasteiger partial charge in [0, 0.05) is 11.1 Å². The first-order chi connectivity index (χ1) is 11.1. The van der Waals surface area contributed by atoms with Crippen LogP contribution in [0.3, 0.4) is 0 Å². The van der Waals surface area contributed by atoms with Gasteiger partial charge < -0.3 is 5.32 Å². The molecule has 3 rings (SSSR count). The molecule has 5 nitrogen and oxygen atoms in total. The van der Waals surface area contributed by atoms with Gasteiger partial charge in [-0.2, -0.15) is 5.10 Å². The Balaban J connectivity index is 1.63. The molecular weight excluding hydrogens is 352 g/mol. The van der Waals surface area contributed by atoms with Crippen molar-refractivity contribution in [3.8, 4) is 11.3 Å². The van der Waals surface area contributed by atoms with E-state index in [9.17, 15) is 4.79 Å². The van der Waals surface area contributed by atoms with Gasteiger partial charge in [0.25, 0.3) is 5.91 Å². The van der Waals surface area contributed by atoms with Gasteiger partial charge in [0.05, 0.1) is 10.6 Å². The Kier molecular flexibility index (Phi) is 4.71. The zero-order valence-electron chi connectivity index (χ0n) is 11.7. The molecule has 3 N–H and O–H groups in total. The van der Waals surface area contributed by atoms with Crippen LogP contribution in [0, 0.1) is 0 Å². The molecule has 1 amide bonds. The molecule has 0 aliphatic carbocycles. The fourth-order valence-electron chi connectivity index (χ4n) is 1.88. The molecule has 2 aromatic heterocycles. The number of rotatable bonds is 3. The van der Waals surface area contributed by atoms with Gasteiger partial charge in [0.15, 0.2) is 10.9 Å². The van der Waals surface area contributed by atoms with E-state index in [1.807, 2.05) is 23.6 Å². The lowest BCUT2D eigenvalue weighted by Gasteiger charge is -2.05. The zero-order valence-corrected chi connectivity index (χ0v) is 14.1. The van der Waals surface area contributed by atoms with Crippen molar-refractivity contribution in [1.82, 2.24) is 15.5 Å². The van der Waals surface area contributed by atoms with Gasteiger partial charge in [-0.3, -0.25) is 15.2 Å². The van der Waals surface area contributed by atoms with E-state index in [1.54, 1.807) is 24.3 Å². The van der Waals surface area contributed by atoms with Crippen LogP contribution in [0.15, 0.2) is 47.8 Å². The van der Waals surface area contributed by atoms with Gasteiger partial charge in [-0.25, -0.2) is 0 Å². The molecule has 116 valence electrons. The predicted molar refractivity (Wildman–Crippen MR) is 97.0 cm³/mol. The smallest absolute Gasteiger partial charge is 0.267 e. The quantitative estimate of drug-likeness (QED) is 0.618. The fourth-order valence-corrected chi connectivity index (χ4v) is 2.83. The third-order valence-corrected chi connectivity index (χ3v) is 4.27. The van der Waals surface area contributed by atoms with E-state index in [2.05, 4.69) is 20.8 Å². The lowest BCUT2D eigenvalue weighted by molar-refractivity contribution is 0.0981. The van der Waals surface area contributed by atoms with Crippen LogP contribution in [-0.4, -0.2) is 21.2 Å². The van der Waals surface area contributed by atoms with E-state index in [-0.39, 0.29) is 11.0 Å². The van der Waals surface area contributed by atoms with Crippen LogP contribution in [0.1, 0.15) is 9.67 Å². The minimum Gasteiger partial charge on any atom is -0.316 e. The van der Waals surface area contributed by atoms with E-state index in [4.69, 9.17) is 23.8 Å². The number of H-pyrrole nitrogens is 1. The Hall–Kier alpha value is -2.22. The average molecular weight is 363 g/mol. The average Bonchev–Trinajstić information content (AvgIpc) is 3.19. The molecule has 0 unspecified atom stereocenters. The van der Waals surface area contributed by atoms with Crippen molar-refractivity contribution < 1.29 is 4.79 Å². The zero-order chi connectivity index (χ0) is 16.2. The number of hydrogen-bond donors (Lipinski definition) is 3. The van der Waals surface area contributed by atoms with E-state index in [0.717, 1.165) is 11.3 Å². The number of thiocarbonyl (C=S) groups is 1. The molecule has 1 aromatic carbocycles. The number of carbonyl (C=O) groups is 1. The molecule has 0 aliphatic rings. The van der Waals surface area contributed by atoms with Crippen molar-refractivity contribution >= 4 is 52.0 Å². The lowest BCUT2D eigenvalue weighted by atomic mass is 10.1. The van der Waals surface area contributed by atoms with Crippen LogP contribution in [0.5, 0.6) is 0 Å².